The molecule has 2 amide bonds. The number of hydrogen-bond acceptors (Lipinski definition) is 2. The van der Waals surface area contributed by atoms with Crippen LogP contribution in [0, 0.1) is 20.8 Å². The number of nitrogens with one attached hydrogen (secondary N) is 2. The highest BCUT2D eigenvalue weighted by Gasteiger charge is 2.11. The second kappa shape index (κ2) is 6.43. The van der Waals surface area contributed by atoms with Crippen molar-refractivity contribution >= 4 is 23.2 Å². The molecule has 0 saturated carbocycles. The number of rotatable bonds is 3. The van der Waals surface area contributed by atoms with Crippen LogP contribution in [0.5, 0.6) is 0 Å². The fourth-order valence-corrected chi connectivity index (χ4v) is 2.33. The van der Waals surface area contributed by atoms with Crippen LogP contribution in [0.1, 0.15) is 34.0 Å². The Kier molecular flexibility index (Phi) is 4.61. The van der Waals surface area contributed by atoms with Gasteiger partial charge in [-0.25, -0.2) is 0 Å². The molecule has 2 rings (SSSR count). The van der Waals surface area contributed by atoms with Gasteiger partial charge in [0.05, 0.1) is 0 Å². The highest BCUT2D eigenvalue weighted by Crippen LogP contribution is 2.22. The molecule has 2 aromatic rings. The molecule has 0 aliphatic carbocycles. The minimum Gasteiger partial charge on any atom is -0.326 e. The van der Waals surface area contributed by atoms with Gasteiger partial charge in [-0.3, -0.25) is 9.59 Å². The van der Waals surface area contributed by atoms with Crippen molar-refractivity contribution in [2.75, 3.05) is 10.6 Å². The molecule has 0 bridgehead atoms. The standard InChI is InChI=1S/C18H20N2O2/c1-11-6-5-7-12(2)17(11)20-18(22)15-8-9-16(13(3)10-15)19-14(4)21/h5-10H,1-4H3,(H,19,21)(H,20,22). The average Bonchev–Trinajstić information content (AvgIpc) is 2.44. The summed E-state index contributed by atoms with van der Waals surface area (Å²) in [5.41, 5.74) is 5.03. The van der Waals surface area contributed by atoms with Gasteiger partial charge in [0.1, 0.15) is 0 Å². The van der Waals surface area contributed by atoms with Crippen molar-refractivity contribution in [1.29, 1.82) is 0 Å². The largest absolute Gasteiger partial charge is 0.326 e. The minimum atomic E-state index is -0.158. The monoisotopic (exact) mass is 296 g/mol. The molecule has 0 saturated heterocycles. The smallest absolute Gasteiger partial charge is 0.255 e. The van der Waals surface area contributed by atoms with Gasteiger partial charge in [0.2, 0.25) is 5.91 Å². The van der Waals surface area contributed by atoms with Crippen molar-refractivity contribution < 1.29 is 9.59 Å². The van der Waals surface area contributed by atoms with Crippen molar-refractivity contribution in [3.63, 3.8) is 0 Å². The number of para-hydroxylation sites is 1. The van der Waals surface area contributed by atoms with Crippen LogP contribution in [0.4, 0.5) is 11.4 Å². The number of benzene rings is 2. The molecule has 0 aliphatic rings. The van der Waals surface area contributed by atoms with Crippen LogP contribution in [0.2, 0.25) is 0 Å². The van der Waals surface area contributed by atoms with E-state index >= 15 is 0 Å². The lowest BCUT2D eigenvalue weighted by molar-refractivity contribution is -0.114. The minimum absolute atomic E-state index is 0.129. The Morgan fingerprint density at radius 1 is 0.864 bits per heavy atom. The summed E-state index contributed by atoms with van der Waals surface area (Å²) in [7, 11) is 0. The van der Waals surface area contributed by atoms with Crippen molar-refractivity contribution in [3.8, 4) is 0 Å². The first kappa shape index (κ1) is 15.8. The molecule has 0 spiro atoms. The first-order valence-corrected chi connectivity index (χ1v) is 7.14. The normalized spacial score (nSPS) is 10.2. The predicted molar refractivity (Wildman–Crippen MR) is 89.4 cm³/mol. The fourth-order valence-electron chi connectivity index (χ4n) is 2.33. The highest BCUT2D eigenvalue weighted by atomic mass is 16.2. The van der Waals surface area contributed by atoms with E-state index in [1.807, 2.05) is 39.0 Å². The lowest BCUT2D eigenvalue weighted by Gasteiger charge is -2.13. The van der Waals surface area contributed by atoms with Crippen LogP contribution in [-0.4, -0.2) is 11.8 Å². The Morgan fingerprint density at radius 2 is 1.50 bits per heavy atom. The van der Waals surface area contributed by atoms with Crippen LogP contribution in [0.15, 0.2) is 36.4 Å². The maximum absolute atomic E-state index is 12.4. The topological polar surface area (TPSA) is 58.2 Å². The number of carbonyl (C=O) groups excluding carboxylic acids is 2. The molecule has 0 radical (unpaired) electrons. The quantitative estimate of drug-likeness (QED) is 0.904. The van der Waals surface area contributed by atoms with E-state index in [1.54, 1.807) is 18.2 Å². The van der Waals surface area contributed by atoms with E-state index in [0.717, 1.165) is 28.1 Å². The third-order valence-electron chi connectivity index (χ3n) is 3.52. The molecule has 0 aromatic heterocycles. The Labute approximate surface area is 130 Å². The molecule has 114 valence electrons. The van der Waals surface area contributed by atoms with Gasteiger partial charge in [0.15, 0.2) is 0 Å². The Morgan fingerprint density at radius 3 is 2.05 bits per heavy atom. The maximum atomic E-state index is 12.4. The average molecular weight is 296 g/mol. The molecule has 0 fully saturated rings. The maximum Gasteiger partial charge on any atom is 0.255 e. The summed E-state index contributed by atoms with van der Waals surface area (Å²) in [4.78, 5) is 23.5. The van der Waals surface area contributed by atoms with Gasteiger partial charge >= 0.3 is 0 Å². The molecule has 4 heteroatoms. The van der Waals surface area contributed by atoms with E-state index in [4.69, 9.17) is 0 Å². The third-order valence-corrected chi connectivity index (χ3v) is 3.52. The molecule has 4 nitrogen and oxygen atoms in total. The number of hydrogen-bond donors (Lipinski definition) is 2. The summed E-state index contributed by atoms with van der Waals surface area (Å²) in [6.45, 7) is 7.25. The summed E-state index contributed by atoms with van der Waals surface area (Å²) < 4.78 is 0. The second-order valence-electron chi connectivity index (χ2n) is 5.43. The van der Waals surface area contributed by atoms with Crippen molar-refractivity contribution in [3.05, 3.63) is 58.7 Å². The molecule has 2 aromatic carbocycles. The molecule has 0 atom stereocenters. The zero-order valence-corrected chi connectivity index (χ0v) is 13.3. The summed E-state index contributed by atoms with van der Waals surface area (Å²) in [5.74, 6) is -0.286. The van der Waals surface area contributed by atoms with Crippen LogP contribution in [0.3, 0.4) is 0 Å². The van der Waals surface area contributed by atoms with Gasteiger partial charge in [-0.15, -0.1) is 0 Å². The van der Waals surface area contributed by atoms with E-state index < -0.39 is 0 Å². The van der Waals surface area contributed by atoms with Gasteiger partial charge in [-0.2, -0.15) is 0 Å². The number of amides is 2. The first-order chi connectivity index (χ1) is 10.4. The molecule has 0 unspecified atom stereocenters. The number of aryl methyl sites for hydroxylation is 3. The first-order valence-electron chi connectivity index (χ1n) is 7.14. The Balaban J connectivity index is 2.23. The van der Waals surface area contributed by atoms with Gasteiger partial charge in [0.25, 0.3) is 5.91 Å². The molecular weight excluding hydrogens is 276 g/mol. The second-order valence-corrected chi connectivity index (χ2v) is 5.43. The zero-order valence-electron chi connectivity index (χ0n) is 13.3. The third kappa shape index (κ3) is 3.52. The predicted octanol–water partition coefficient (Wildman–Crippen LogP) is 3.82. The number of anilines is 2. The van der Waals surface area contributed by atoms with E-state index in [0.29, 0.717) is 5.56 Å². The van der Waals surface area contributed by atoms with E-state index in [2.05, 4.69) is 10.6 Å². The molecule has 2 N–H and O–H groups in total. The number of carbonyl (C=O) groups is 2. The fraction of sp³-hybridized carbons (Fsp3) is 0.222. The van der Waals surface area contributed by atoms with Gasteiger partial charge < -0.3 is 10.6 Å². The molecular formula is C18H20N2O2. The van der Waals surface area contributed by atoms with Gasteiger partial charge in [0, 0.05) is 23.9 Å². The lowest BCUT2D eigenvalue weighted by Crippen LogP contribution is -2.14. The zero-order chi connectivity index (χ0) is 16.3. The molecule has 0 heterocycles. The van der Waals surface area contributed by atoms with Crippen molar-refractivity contribution in [2.24, 2.45) is 0 Å². The van der Waals surface area contributed by atoms with E-state index in [9.17, 15) is 9.59 Å². The molecule has 22 heavy (non-hydrogen) atoms. The highest BCUT2D eigenvalue weighted by molar-refractivity contribution is 6.05. The Hall–Kier alpha value is -2.62. The van der Waals surface area contributed by atoms with Gasteiger partial charge in [-0.1, -0.05) is 18.2 Å². The summed E-state index contributed by atoms with van der Waals surface area (Å²) in [6, 6.07) is 11.1. The summed E-state index contributed by atoms with van der Waals surface area (Å²) in [5, 5.41) is 5.69. The van der Waals surface area contributed by atoms with Gasteiger partial charge in [-0.05, 0) is 55.7 Å². The van der Waals surface area contributed by atoms with Crippen LogP contribution in [0.25, 0.3) is 0 Å². The van der Waals surface area contributed by atoms with E-state index in [-0.39, 0.29) is 11.8 Å². The Bertz CT molecular complexity index is 716. The van der Waals surface area contributed by atoms with Crippen LogP contribution in [-0.2, 0) is 4.79 Å². The van der Waals surface area contributed by atoms with Crippen LogP contribution < -0.4 is 10.6 Å². The van der Waals surface area contributed by atoms with Crippen molar-refractivity contribution in [2.45, 2.75) is 27.7 Å². The lowest BCUT2D eigenvalue weighted by atomic mass is 10.1. The van der Waals surface area contributed by atoms with E-state index in [1.165, 1.54) is 6.92 Å². The molecule has 0 aliphatic heterocycles. The summed E-state index contributed by atoms with van der Waals surface area (Å²) >= 11 is 0. The summed E-state index contributed by atoms with van der Waals surface area (Å²) in [6.07, 6.45) is 0. The SMILES string of the molecule is CC(=O)Nc1ccc(C(=O)Nc2c(C)cccc2C)cc1C. The van der Waals surface area contributed by atoms with Crippen molar-refractivity contribution in [1.82, 2.24) is 0 Å². The van der Waals surface area contributed by atoms with Crippen LogP contribution >= 0.6 is 0 Å².